The molecule has 0 amide bonds. The number of rotatable bonds is 10. The van der Waals surface area contributed by atoms with E-state index in [0.29, 0.717) is 19.8 Å². The zero-order valence-corrected chi connectivity index (χ0v) is 10.2. The Kier molecular flexibility index (Phi) is 9.00. The van der Waals surface area contributed by atoms with Crippen LogP contribution in [0.4, 0.5) is 0 Å². The SMILES string of the molecule is CCC(C)(CO)CNCCOCCOC. The van der Waals surface area contributed by atoms with Crippen molar-refractivity contribution >= 4 is 0 Å². The number of aliphatic hydroxyl groups is 1. The monoisotopic (exact) mass is 219 g/mol. The van der Waals surface area contributed by atoms with Crippen molar-refractivity contribution in [1.29, 1.82) is 0 Å². The number of hydrogen-bond acceptors (Lipinski definition) is 4. The summed E-state index contributed by atoms with van der Waals surface area (Å²) in [5, 5.41) is 12.4. The third-order valence-electron chi connectivity index (χ3n) is 2.64. The number of methoxy groups -OCH3 is 1. The molecule has 0 heterocycles. The van der Waals surface area contributed by atoms with Crippen molar-refractivity contribution < 1.29 is 14.6 Å². The average Bonchev–Trinajstić information content (AvgIpc) is 2.27. The van der Waals surface area contributed by atoms with E-state index in [-0.39, 0.29) is 12.0 Å². The van der Waals surface area contributed by atoms with Crippen LogP contribution in [0.1, 0.15) is 20.3 Å². The maximum absolute atomic E-state index is 9.17. The molecule has 2 N–H and O–H groups in total. The molecule has 0 saturated carbocycles. The first kappa shape index (κ1) is 14.8. The number of hydrogen-bond donors (Lipinski definition) is 2. The van der Waals surface area contributed by atoms with Crippen LogP contribution in [0.15, 0.2) is 0 Å². The second kappa shape index (κ2) is 9.09. The number of aliphatic hydroxyl groups excluding tert-OH is 1. The van der Waals surface area contributed by atoms with Gasteiger partial charge in [-0.05, 0) is 6.42 Å². The van der Waals surface area contributed by atoms with Crippen molar-refractivity contribution in [3.8, 4) is 0 Å². The lowest BCUT2D eigenvalue weighted by molar-refractivity contribution is 0.0692. The topological polar surface area (TPSA) is 50.7 Å². The fourth-order valence-corrected chi connectivity index (χ4v) is 1.07. The van der Waals surface area contributed by atoms with Gasteiger partial charge in [-0.2, -0.15) is 0 Å². The van der Waals surface area contributed by atoms with Gasteiger partial charge in [-0.15, -0.1) is 0 Å². The van der Waals surface area contributed by atoms with Crippen LogP contribution in [0, 0.1) is 5.41 Å². The molecule has 0 saturated heterocycles. The molecule has 1 unspecified atom stereocenters. The molecule has 15 heavy (non-hydrogen) atoms. The van der Waals surface area contributed by atoms with Gasteiger partial charge in [0.15, 0.2) is 0 Å². The lowest BCUT2D eigenvalue weighted by Crippen LogP contribution is -2.36. The van der Waals surface area contributed by atoms with Gasteiger partial charge in [0.25, 0.3) is 0 Å². The Labute approximate surface area is 93.0 Å². The van der Waals surface area contributed by atoms with E-state index in [2.05, 4.69) is 19.2 Å². The van der Waals surface area contributed by atoms with Gasteiger partial charge in [0, 0.05) is 32.2 Å². The summed E-state index contributed by atoms with van der Waals surface area (Å²) < 4.78 is 10.2. The zero-order valence-electron chi connectivity index (χ0n) is 10.2. The smallest absolute Gasteiger partial charge is 0.0700 e. The Bertz CT molecular complexity index is 138. The summed E-state index contributed by atoms with van der Waals surface area (Å²) >= 11 is 0. The Morgan fingerprint density at radius 2 is 2.00 bits per heavy atom. The van der Waals surface area contributed by atoms with E-state index in [0.717, 1.165) is 19.5 Å². The summed E-state index contributed by atoms with van der Waals surface area (Å²) in [4.78, 5) is 0. The highest BCUT2D eigenvalue weighted by molar-refractivity contribution is 4.73. The minimum atomic E-state index is -0.00741. The van der Waals surface area contributed by atoms with Crippen molar-refractivity contribution in [3.63, 3.8) is 0 Å². The predicted octanol–water partition coefficient (Wildman–Crippen LogP) is 0.648. The van der Waals surface area contributed by atoms with E-state index in [4.69, 9.17) is 9.47 Å². The van der Waals surface area contributed by atoms with Gasteiger partial charge >= 0.3 is 0 Å². The summed E-state index contributed by atoms with van der Waals surface area (Å²) in [6, 6.07) is 0. The third kappa shape index (κ3) is 7.73. The first-order valence-corrected chi connectivity index (χ1v) is 5.57. The minimum Gasteiger partial charge on any atom is -0.396 e. The third-order valence-corrected chi connectivity index (χ3v) is 2.64. The van der Waals surface area contributed by atoms with Crippen molar-refractivity contribution in [1.82, 2.24) is 5.32 Å². The van der Waals surface area contributed by atoms with Crippen molar-refractivity contribution in [2.75, 3.05) is 46.6 Å². The van der Waals surface area contributed by atoms with Crippen LogP contribution in [0.25, 0.3) is 0 Å². The van der Waals surface area contributed by atoms with Gasteiger partial charge < -0.3 is 19.9 Å². The highest BCUT2D eigenvalue weighted by Crippen LogP contribution is 2.17. The summed E-state index contributed by atoms with van der Waals surface area (Å²) in [5.41, 5.74) is -0.00741. The maximum Gasteiger partial charge on any atom is 0.0700 e. The molecule has 0 bridgehead atoms. The van der Waals surface area contributed by atoms with Gasteiger partial charge in [0.1, 0.15) is 0 Å². The van der Waals surface area contributed by atoms with Gasteiger partial charge in [-0.1, -0.05) is 13.8 Å². The van der Waals surface area contributed by atoms with E-state index in [9.17, 15) is 5.11 Å². The quantitative estimate of drug-likeness (QED) is 0.530. The average molecular weight is 219 g/mol. The summed E-state index contributed by atoms with van der Waals surface area (Å²) in [5.74, 6) is 0. The Hall–Kier alpha value is -0.160. The molecule has 0 spiro atoms. The highest BCUT2D eigenvalue weighted by Gasteiger charge is 2.19. The predicted molar refractivity (Wildman–Crippen MR) is 61.0 cm³/mol. The van der Waals surface area contributed by atoms with E-state index in [1.165, 1.54) is 0 Å². The Morgan fingerprint density at radius 3 is 2.53 bits per heavy atom. The molecular formula is C11H25NO3. The van der Waals surface area contributed by atoms with Gasteiger partial charge in [0.05, 0.1) is 19.8 Å². The van der Waals surface area contributed by atoms with Crippen LogP contribution in [0.2, 0.25) is 0 Å². The zero-order chi connectivity index (χ0) is 11.6. The van der Waals surface area contributed by atoms with Crippen LogP contribution < -0.4 is 5.32 Å². The second-order valence-corrected chi connectivity index (χ2v) is 4.10. The lowest BCUT2D eigenvalue weighted by Gasteiger charge is -2.25. The van der Waals surface area contributed by atoms with E-state index in [1.807, 2.05) is 0 Å². The van der Waals surface area contributed by atoms with Crippen molar-refractivity contribution in [3.05, 3.63) is 0 Å². The van der Waals surface area contributed by atoms with Gasteiger partial charge in [-0.25, -0.2) is 0 Å². The first-order valence-electron chi connectivity index (χ1n) is 5.57. The standard InChI is InChI=1S/C11H25NO3/c1-4-11(2,10-13)9-12-5-6-15-8-7-14-3/h12-13H,4-10H2,1-3H3. The van der Waals surface area contributed by atoms with Crippen molar-refractivity contribution in [2.45, 2.75) is 20.3 Å². The molecule has 0 aromatic rings. The summed E-state index contributed by atoms with van der Waals surface area (Å²) in [6.07, 6.45) is 0.973. The fraction of sp³-hybridized carbons (Fsp3) is 1.00. The molecular weight excluding hydrogens is 194 g/mol. The molecule has 0 aliphatic heterocycles. The molecule has 0 radical (unpaired) electrons. The van der Waals surface area contributed by atoms with Crippen LogP contribution in [0.5, 0.6) is 0 Å². The number of nitrogens with one attached hydrogen (secondary N) is 1. The van der Waals surface area contributed by atoms with E-state index < -0.39 is 0 Å². The molecule has 0 aliphatic carbocycles. The second-order valence-electron chi connectivity index (χ2n) is 4.10. The van der Waals surface area contributed by atoms with E-state index >= 15 is 0 Å². The molecule has 4 heteroatoms. The maximum atomic E-state index is 9.17. The molecule has 0 rings (SSSR count). The van der Waals surface area contributed by atoms with Crippen LogP contribution in [-0.4, -0.2) is 51.7 Å². The molecule has 0 fully saturated rings. The Balaban J connectivity index is 3.29. The summed E-state index contributed by atoms with van der Waals surface area (Å²) in [6.45, 7) is 8.01. The van der Waals surface area contributed by atoms with Crippen LogP contribution >= 0.6 is 0 Å². The summed E-state index contributed by atoms with van der Waals surface area (Å²) in [7, 11) is 1.66. The fourth-order valence-electron chi connectivity index (χ4n) is 1.07. The molecule has 92 valence electrons. The molecule has 0 aliphatic rings. The van der Waals surface area contributed by atoms with Crippen molar-refractivity contribution in [2.24, 2.45) is 5.41 Å². The normalized spacial score (nSPS) is 15.2. The highest BCUT2D eigenvalue weighted by atomic mass is 16.5. The molecule has 0 aromatic heterocycles. The van der Waals surface area contributed by atoms with Gasteiger partial charge in [0.2, 0.25) is 0 Å². The van der Waals surface area contributed by atoms with E-state index in [1.54, 1.807) is 7.11 Å². The van der Waals surface area contributed by atoms with Gasteiger partial charge in [-0.3, -0.25) is 0 Å². The lowest BCUT2D eigenvalue weighted by atomic mass is 9.89. The molecule has 4 nitrogen and oxygen atoms in total. The number of ether oxygens (including phenoxy) is 2. The van der Waals surface area contributed by atoms with Crippen LogP contribution in [0.3, 0.4) is 0 Å². The first-order chi connectivity index (χ1) is 7.18. The largest absolute Gasteiger partial charge is 0.396 e. The Morgan fingerprint density at radius 1 is 1.27 bits per heavy atom. The minimum absolute atomic E-state index is 0.00741. The molecule has 0 aromatic carbocycles. The molecule has 1 atom stereocenters. The van der Waals surface area contributed by atoms with Crippen LogP contribution in [-0.2, 0) is 9.47 Å².